The van der Waals surface area contributed by atoms with Gasteiger partial charge >= 0.3 is 6.09 Å². The average molecular weight is 414 g/mol. The Morgan fingerprint density at radius 3 is 2.77 bits per heavy atom. The van der Waals surface area contributed by atoms with E-state index in [0.717, 1.165) is 30.6 Å². The van der Waals surface area contributed by atoms with Crippen LogP contribution >= 0.6 is 0 Å². The van der Waals surface area contributed by atoms with E-state index < -0.39 is 0 Å². The first kappa shape index (κ1) is 20.2. The number of nitrogens with one attached hydrogen (secondary N) is 1. The molecule has 2 bridgehead atoms. The summed E-state index contributed by atoms with van der Waals surface area (Å²) in [4.78, 5) is 12.5. The summed E-state index contributed by atoms with van der Waals surface area (Å²) in [7, 11) is 0. The highest BCUT2D eigenvalue weighted by Gasteiger charge is 2.64. The van der Waals surface area contributed by atoms with E-state index >= 15 is 0 Å². The Morgan fingerprint density at radius 2 is 1.97 bits per heavy atom. The molecule has 0 aromatic heterocycles. The van der Waals surface area contributed by atoms with Gasteiger partial charge in [0.05, 0.1) is 12.7 Å². The second-order valence-corrected chi connectivity index (χ2v) is 10.4. The number of hydrogen-bond donors (Lipinski definition) is 1. The van der Waals surface area contributed by atoms with Gasteiger partial charge in [-0.25, -0.2) is 4.79 Å². The second-order valence-electron chi connectivity index (χ2n) is 10.4. The Kier molecular flexibility index (Phi) is 5.00. The van der Waals surface area contributed by atoms with Crippen LogP contribution in [-0.2, 0) is 9.47 Å². The number of rotatable bonds is 3. The van der Waals surface area contributed by atoms with E-state index in [-0.39, 0.29) is 35.2 Å². The van der Waals surface area contributed by atoms with Gasteiger partial charge in [-0.2, -0.15) is 0 Å². The van der Waals surface area contributed by atoms with Gasteiger partial charge in [-0.15, -0.1) is 0 Å². The summed E-state index contributed by atoms with van der Waals surface area (Å²) in [6.07, 6.45) is 6.52. The molecule has 5 nitrogen and oxygen atoms in total. The van der Waals surface area contributed by atoms with Crippen LogP contribution in [0.3, 0.4) is 0 Å². The molecule has 6 atom stereocenters. The van der Waals surface area contributed by atoms with E-state index in [1.54, 1.807) is 0 Å². The highest BCUT2D eigenvalue weighted by Crippen LogP contribution is 2.63. The highest BCUT2D eigenvalue weighted by molar-refractivity contribution is 5.67. The highest BCUT2D eigenvalue weighted by atomic mass is 16.6. The molecule has 2 aliphatic heterocycles. The van der Waals surface area contributed by atoms with E-state index in [2.05, 4.69) is 44.3 Å². The van der Waals surface area contributed by atoms with Crippen LogP contribution in [0.1, 0.15) is 71.0 Å². The van der Waals surface area contributed by atoms with Crippen LogP contribution in [0.25, 0.3) is 0 Å². The SMILES string of the molecule is C[C@@H]1C[C@]2(C)Oc3ccccc3[C@@H]3OC[C@]1(COC(=O)NC1CCCCC1)[C@@H](C)[C@@H]32. The summed E-state index contributed by atoms with van der Waals surface area (Å²) in [6, 6.07) is 8.55. The molecule has 5 rings (SSSR count). The molecule has 164 valence electrons. The number of fused-ring (bicyclic) bond motifs is 3. The lowest BCUT2D eigenvalue weighted by Crippen LogP contribution is -2.66. The quantitative estimate of drug-likeness (QED) is 0.736. The third-order valence-electron chi connectivity index (χ3n) is 8.67. The maximum Gasteiger partial charge on any atom is 0.407 e. The smallest absolute Gasteiger partial charge is 0.407 e. The number of alkyl carbamates (subject to hydrolysis) is 1. The fourth-order valence-corrected chi connectivity index (χ4v) is 6.91. The van der Waals surface area contributed by atoms with Crippen molar-refractivity contribution >= 4 is 6.09 Å². The topological polar surface area (TPSA) is 56.8 Å². The Hall–Kier alpha value is -1.75. The summed E-state index contributed by atoms with van der Waals surface area (Å²) >= 11 is 0. The monoisotopic (exact) mass is 413 g/mol. The molecule has 4 aliphatic rings. The standard InChI is InChI=1S/C25H35NO4/c1-16-13-24(3)21-17(2)25(16,15-29-23(27)26-18-9-5-4-6-10-18)14-28-22(21)19-11-7-8-12-20(19)30-24/h7-8,11-12,16-18,21-22H,4-6,9-10,13-15H2,1-3H3,(H,26,27)/t16-,17+,21+,22+,24+,25-/m1/s1. The molecule has 5 heteroatoms. The van der Waals surface area contributed by atoms with Crippen LogP contribution in [-0.4, -0.2) is 30.9 Å². The van der Waals surface area contributed by atoms with Gasteiger partial charge in [0, 0.05) is 22.9 Å². The molecule has 1 aromatic carbocycles. The van der Waals surface area contributed by atoms with Crippen LogP contribution < -0.4 is 10.1 Å². The van der Waals surface area contributed by atoms with Crippen molar-refractivity contribution in [2.24, 2.45) is 23.2 Å². The first-order chi connectivity index (χ1) is 14.4. The fraction of sp³-hybridized carbons (Fsp3) is 0.720. The molecule has 1 amide bonds. The zero-order chi connectivity index (χ0) is 20.9. The lowest BCUT2D eigenvalue weighted by molar-refractivity contribution is -0.259. The molecule has 30 heavy (non-hydrogen) atoms. The van der Waals surface area contributed by atoms with E-state index in [1.165, 1.54) is 19.3 Å². The Balaban J connectivity index is 1.34. The maximum absolute atomic E-state index is 12.5. The van der Waals surface area contributed by atoms with Crippen molar-refractivity contribution in [2.75, 3.05) is 13.2 Å². The summed E-state index contributed by atoms with van der Waals surface area (Å²) in [5, 5.41) is 3.09. The molecule has 0 spiro atoms. The first-order valence-electron chi connectivity index (χ1n) is 11.8. The third-order valence-corrected chi connectivity index (χ3v) is 8.67. The summed E-state index contributed by atoms with van der Waals surface area (Å²) < 4.78 is 19.0. The molecule has 1 saturated heterocycles. The van der Waals surface area contributed by atoms with E-state index in [4.69, 9.17) is 14.2 Å². The molecule has 2 saturated carbocycles. The molecule has 1 aromatic rings. The molecular formula is C25H35NO4. The van der Waals surface area contributed by atoms with Gasteiger partial charge in [0.2, 0.25) is 0 Å². The van der Waals surface area contributed by atoms with Crippen molar-refractivity contribution < 1.29 is 19.0 Å². The number of amides is 1. The van der Waals surface area contributed by atoms with Gasteiger partial charge in [-0.05, 0) is 44.1 Å². The normalized spacial score (nSPS) is 40.1. The van der Waals surface area contributed by atoms with Crippen LogP contribution in [0, 0.1) is 23.2 Å². The maximum atomic E-state index is 12.5. The second kappa shape index (κ2) is 7.44. The predicted molar refractivity (Wildman–Crippen MR) is 114 cm³/mol. The van der Waals surface area contributed by atoms with E-state index in [9.17, 15) is 4.79 Å². The van der Waals surface area contributed by atoms with Crippen LogP contribution in [0.2, 0.25) is 0 Å². The molecule has 1 N–H and O–H groups in total. The van der Waals surface area contributed by atoms with Crippen LogP contribution in [0.4, 0.5) is 4.79 Å². The summed E-state index contributed by atoms with van der Waals surface area (Å²) in [5.74, 6) is 1.88. The molecule has 0 radical (unpaired) electrons. The van der Waals surface area contributed by atoms with Crippen molar-refractivity contribution in [1.82, 2.24) is 5.32 Å². The van der Waals surface area contributed by atoms with Crippen molar-refractivity contribution in [1.29, 1.82) is 0 Å². The van der Waals surface area contributed by atoms with Crippen molar-refractivity contribution in [3.63, 3.8) is 0 Å². The van der Waals surface area contributed by atoms with E-state index in [0.29, 0.717) is 25.0 Å². The van der Waals surface area contributed by atoms with Crippen LogP contribution in [0.5, 0.6) is 5.75 Å². The number of carbonyl (C=O) groups is 1. The minimum atomic E-state index is -0.267. The number of para-hydroxylation sites is 1. The summed E-state index contributed by atoms with van der Waals surface area (Å²) in [5.41, 5.74) is 0.734. The Labute approximate surface area is 179 Å². The number of ether oxygens (including phenoxy) is 3. The average Bonchev–Trinajstić information content (AvgIpc) is 2.73. The van der Waals surface area contributed by atoms with Gasteiger partial charge in [0.1, 0.15) is 18.0 Å². The molecular weight excluding hydrogens is 378 g/mol. The lowest BCUT2D eigenvalue weighted by atomic mass is 9.50. The number of hydrogen-bond acceptors (Lipinski definition) is 4. The van der Waals surface area contributed by atoms with E-state index in [1.807, 2.05) is 6.07 Å². The molecule has 0 unspecified atom stereocenters. The van der Waals surface area contributed by atoms with Crippen molar-refractivity contribution in [3.8, 4) is 5.75 Å². The minimum absolute atomic E-state index is 0.0478. The predicted octanol–water partition coefficient (Wildman–Crippen LogP) is 5.25. The number of benzene rings is 1. The first-order valence-corrected chi connectivity index (χ1v) is 11.8. The lowest BCUT2D eigenvalue weighted by Gasteiger charge is -2.63. The van der Waals surface area contributed by atoms with Gasteiger partial charge in [-0.1, -0.05) is 51.3 Å². The Morgan fingerprint density at radius 1 is 1.20 bits per heavy atom. The zero-order valence-corrected chi connectivity index (χ0v) is 18.5. The summed E-state index contributed by atoms with van der Waals surface area (Å²) in [6.45, 7) is 7.86. The van der Waals surface area contributed by atoms with Crippen molar-refractivity contribution in [2.45, 2.75) is 77.0 Å². The zero-order valence-electron chi connectivity index (χ0n) is 18.5. The van der Waals surface area contributed by atoms with Crippen molar-refractivity contribution in [3.05, 3.63) is 29.8 Å². The molecule has 3 fully saturated rings. The van der Waals surface area contributed by atoms with Crippen LogP contribution in [0.15, 0.2) is 24.3 Å². The van der Waals surface area contributed by atoms with Gasteiger partial charge in [0.15, 0.2) is 0 Å². The molecule has 2 heterocycles. The third kappa shape index (κ3) is 3.12. The number of carbonyl (C=O) groups excluding carboxylic acids is 1. The van der Waals surface area contributed by atoms with Gasteiger partial charge in [-0.3, -0.25) is 0 Å². The minimum Gasteiger partial charge on any atom is -0.487 e. The molecule has 2 aliphatic carbocycles. The largest absolute Gasteiger partial charge is 0.487 e. The fourth-order valence-electron chi connectivity index (χ4n) is 6.91. The van der Waals surface area contributed by atoms with Gasteiger partial charge < -0.3 is 19.5 Å². The van der Waals surface area contributed by atoms with Gasteiger partial charge in [0.25, 0.3) is 0 Å². The Bertz CT molecular complexity index is 806.